The van der Waals surface area contributed by atoms with Gasteiger partial charge in [0, 0.05) is 43.1 Å². The summed E-state index contributed by atoms with van der Waals surface area (Å²) in [6.07, 6.45) is 0. The summed E-state index contributed by atoms with van der Waals surface area (Å²) in [5.41, 5.74) is 2.52. The number of para-hydroxylation sites is 1. The molecule has 1 saturated heterocycles. The van der Waals surface area contributed by atoms with Crippen molar-refractivity contribution in [1.29, 1.82) is 0 Å². The topological polar surface area (TPSA) is 61.9 Å². The number of fused-ring (bicyclic) bond motifs is 1. The van der Waals surface area contributed by atoms with Gasteiger partial charge in [0.05, 0.1) is 0 Å². The second-order valence-electron chi connectivity index (χ2n) is 8.54. The monoisotopic (exact) mass is 465 g/mol. The molecular formula is C29H27N3O3. The Morgan fingerprint density at radius 1 is 0.743 bits per heavy atom. The molecule has 4 aromatic carbocycles. The molecule has 35 heavy (non-hydrogen) atoms. The molecule has 0 saturated carbocycles. The predicted molar refractivity (Wildman–Crippen MR) is 139 cm³/mol. The average molecular weight is 466 g/mol. The molecule has 176 valence electrons. The van der Waals surface area contributed by atoms with Crippen LogP contribution >= 0.6 is 0 Å². The highest BCUT2D eigenvalue weighted by atomic mass is 16.5. The molecule has 0 spiro atoms. The zero-order valence-corrected chi connectivity index (χ0v) is 19.4. The van der Waals surface area contributed by atoms with Crippen LogP contribution in [0.5, 0.6) is 5.75 Å². The minimum Gasteiger partial charge on any atom is -0.484 e. The molecule has 4 aromatic rings. The molecule has 0 radical (unpaired) electrons. The van der Waals surface area contributed by atoms with Crippen LogP contribution in [0.2, 0.25) is 0 Å². The van der Waals surface area contributed by atoms with Gasteiger partial charge in [-0.15, -0.1) is 0 Å². The number of piperazine rings is 1. The maximum atomic E-state index is 13.0. The van der Waals surface area contributed by atoms with E-state index in [4.69, 9.17) is 4.74 Å². The third-order valence-electron chi connectivity index (χ3n) is 6.19. The minimum atomic E-state index is -0.206. The van der Waals surface area contributed by atoms with Crippen LogP contribution in [0.25, 0.3) is 10.8 Å². The third kappa shape index (κ3) is 5.44. The molecule has 1 heterocycles. The highest BCUT2D eigenvalue weighted by Crippen LogP contribution is 2.22. The molecule has 6 heteroatoms. The molecule has 2 amide bonds. The van der Waals surface area contributed by atoms with Crippen LogP contribution in [0.3, 0.4) is 0 Å². The lowest BCUT2D eigenvalue weighted by molar-refractivity contribution is -0.118. The minimum absolute atomic E-state index is 0.0427. The molecule has 0 atom stereocenters. The Morgan fingerprint density at radius 2 is 1.43 bits per heavy atom. The molecule has 0 unspecified atom stereocenters. The number of nitrogens with zero attached hydrogens (tertiary/aromatic N) is 2. The van der Waals surface area contributed by atoms with Gasteiger partial charge in [0.25, 0.3) is 11.8 Å². The summed E-state index contributed by atoms with van der Waals surface area (Å²) >= 11 is 0. The Balaban J connectivity index is 1.13. The molecule has 1 fully saturated rings. The second-order valence-corrected chi connectivity index (χ2v) is 8.54. The molecule has 0 aromatic heterocycles. The number of hydrogen-bond donors (Lipinski definition) is 1. The number of ether oxygens (including phenoxy) is 1. The fourth-order valence-electron chi connectivity index (χ4n) is 4.29. The molecule has 0 bridgehead atoms. The van der Waals surface area contributed by atoms with Gasteiger partial charge in [-0.05, 0) is 59.3 Å². The van der Waals surface area contributed by atoms with Crippen LogP contribution < -0.4 is 15.0 Å². The number of benzene rings is 4. The van der Waals surface area contributed by atoms with E-state index in [0.717, 1.165) is 40.8 Å². The van der Waals surface area contributed by atoms with Crippen LogP contribution in [0.1, 0.15) is 10.4 Å². The number of anilines is 2. The van der Waals surface area contributed by atoms with Crippen molar-refractivity contribution in [2.24, 2.45) is 0 Å². The summed E-state index contributed by atoms with van der Waals surface area (Å²) in [6.45, 7) is 2.81. The van der Waals surface area contributed by atoms with Gasteiger partial charge in [-0.1, -0.05) is 48.5 Å². The largest absolute Gasteiger partial charge is 0.484 e. The van der Waals surface area contributed by atoms with Crippen LogP contribution in [0.4, 0.5) is 11.4 Å². The van der Waals surface area contributed by atoms with Crippen molar-refractivity contribution in [3.63, 3.8) is 0 Å². The summed E-state index contributed by atoms with van der Waals surface area (Å²) in [6, 6.07) is 31.0. The van der Waals surface area contributed by atoms with E-state index < -0.39 is 0 Å². The quantitative estimate of drug-likeness (QED) is 0.444. The lowest BCUT2D eigenvalue weighted by Gasteiger charge is -2.36. The van der Waals surface area contributed by atoms with E-state index >= 15 is 0 Å². The van der Waals surface area contributed by atoms with Crippen molar-refractivity contribution in [2.45, 2.75) is 0 Å². The van der Waals surface area contributed by atoms with Gasteiger partial charge in [-0.2, -0.15) is 0 Å². The van der Waals surface area contributed by atoms with Crippen LogP contribution in [0, 0.1) is 0 Å². The number of nitrogens with one attached hydrogen (secondary N) is 1. The Bertz CT molecular complexity index is 1310. The van der Waals surface area contributed by atoms with E-state index in [2.05, 4.69) is 16.3 Å². The smallest absolute Gasteiger partial charge is 0.262 e. The van der Waals surface area contributed by atoms with Crippen molar-refractivity contribution in [1.82, 2.24) is 4.90 Å². The lowest BCUT2D eigenvalue weighted by atomic mass is 10.1. The molecule has 1 aliphatic rings. The second kappa shape index (κ2) is 10.3. The fourth-order valence-corrected chi connectivity index (χ4v) is 4.29. The molecule has 5 rings (SSSR count). The first-order valence-electron chi connectivity index (χ1n) is 11.8. The Labute approximate surface area is 204 Å². The van der Waals surface area contributed by atoms with Gasteiger partial charge in [0.1, 0.15) is 5.75 Å². The number of carbonyl (C=O) groups is 2. The lowest BCUT2D eigenvalue weighted by Crippen LogP contribution is -2.48. The Morgan fingerprint density at radius 3 is 2.17 bits per heavy atom. The summed E-state index contributed by atoms with van der Waals surface area (Å²) in [4.78, 5) is 29.4. The molecule has 1 N–H and O–H groups in total. The van der Waals surface area contributed by atoms with Crippen LogP contribution in [-0.4, -0.2) is 49.5 Å². The van der Waals surface area contributed by atoms with Crippen molar-refractivity contribution in [2.75, 3.05) is 43.0 Å². The van der Waals surface area contributed by atoms with Crippen LogP contribution in [-0.2, 0) is 4.79 Å². The van der Waals surface area contributed by atoms with Gasteiger partial charge in [-0.25, -0.2) is 0 Å². The highest BCUT2D eigenvalue weighted by Gasteiger charge is 2.22. The zero-order valence-electron chi connectivity index (χ0n) is 19.4. The molecule has 6 nitrogen and oxygen atoms in total. The van der Waals surface area contributed by atoms with E-state index in [9.17, 15) is 9.59 Å². The predicted octanol–water partition coefficient (Wildman–Crippen LogP) is 4.82. The van der Waals surface area contributed by atoms with Crippen LogP contribution in [0.15, 0.2) is 97.1 Å². The van der Waals surface area contributed by atoms with E-state index in [-0.39, 0.29) is 18.4 Å². The number of amides is 2. The van der Waals surface area contributed by atoms with E-state index in [1.54, 1.807) is 0 Å². The number of rotatable bonds is 6. The molecule has 1 aliphatic heterocycles. The maximum Gasteiger partial charge on any atom is 0.262 e. The number of carbonyl (C=O) groups excluding carboxylic acids is 2. The highest BCUT2D eigenvalue weighted by molar-refractivity contribution is 5.98. The molecular weight excluding hydrogens is 438 g/mol. The van der Waals surface area contributed by atoms with E-state index in [1.165, 1.54) is 0 Å². The number of hydrogen-bond acceptors (Lipinski definition) is 4. The summed E-state index contributed by atoms with van der Waals surface area (Å²) in [5, 5.41) is 5.08. The Kier molecular flexibility index (Phi) is 6.61. The zero-order chi connectivity index (χ0) is 24.0. The first-order chi connectivity index (χ1) is 17.2. The summed E-state index contributed by atoms with van der Waals surface area (Å²) in [7, 11) is 0. The van der Waals surface area contributed by atoms with Gasteiger partial charge in [0.15, 0.2) is 6.61 Å². The van der Waals surface area contributed by atoms with Gasteiger partial charge in [0.2, 0.25) is 0 Å². The van der Waals surface area contributed by atoms with Crippen molar-refractivity contribution in [3.05, 3.63) is 103 Å². The molecule has 0 aliphatic carbocycles. The fraction of sp³-hybridized carbons (Fsp3) is 0.172. The van der Waals surface area contributed by atoms with E-state index in [1.807, 2.05) is 95.9 Å². The van der Waals surface area contributed by atoms with Crippen molar-refractivity contribution in [3.8, 4) is 5.75 Å². The summed E-state index contributed by atoms with van der Waals surface area (Å²) in [5.74, 6) is 0.532. The van der Waals surface area contributed by atoms with Gasteiger partial charge in [-0.3, -0.25) is 9.59 Å². The normalized spacial score (nSPS) is 13.5. The summed E-state index contributed by atoms with van der Waals surface area (Å²) < 4.78 is 5.49. The Hall–Kier alpha value is -4.32. The third-order valence-corrected chi connectivity index (χ3v) is 6.19. The average Bonchev–Trinajstić information content (AvgIpc) is 2.92. The first kappa shape index (κ1) is 22.5. The van der Waals surface area contributed by atoms with Crippen molar-refractivity contribution >= 4 is 34.0 Å². The van der Waals surface area contributed by atoms with Gasteiger partial charge < -0.3 is 19.9 Å². The first-order valence-corrected chi connectivity index (χ1v) is 11.8. The van der Waals surface area contributed by atoms with Gasteiger partial charge >= 0.3 is 0 Å². The maximum absolute atomic E-state index is 13.0. The van der Waals surface area contributed by atoms with Crippen molar-refractivity contribution < 1.29 is 14.3 Å². The SMILES string of the molecule is O=C(COc1ccccc1)Nc1ccc(N2CCN(C(=O)c3ccc4ccccc4c3)CC2)cc1. The van der Waals surface area contributed by atoms with E-state index in [0.29, 0.717) is 18.8 Å². The standard InChI is InChI=1S/C29H27N3O3/c33-28(21-35-27-8-2-1-3-9-27)30-25-12-14-26(15-13-25)31-16-18-32(19-17-31)29(34)24-11-10-22-6-4-5-7-23(22)20-24/h1-15,20H,16-19,21H2,(H,30,33).